The topological polar surface area (TPSA) is 75.7 Å². The molecule has 0 aliphatic rings. The zero-order valence-corrected chi connectivity index (χ0v) is 16.8. The van der Waals surface area contributed by atoms with Gasteiger partial charge in [-0.15, -0.1) is 0 Å². The molecule has 0 atom stereocenters. The van der Waals surface area contributed by atoms with Crippen LogP contribution in [0.2, 0.25) is 0 Å². The van der Waals surface area contributed by atoms with Crippen LogP contribution in [0.25, 0.3) is 0 Å². The maximum atomic E-state index is 12.2. The van der Waals surface area contributed by atoms with Crippen LogP contribution in [0, 0.1) is 13.8 Å². The van der Waals surface area contributed by atoms with Gasteiger partial charge in [0.15, 0.2) is 0 Å². The van der Waals surface area contributed by atoms with Crippen molar-refractivity contribution in [2.75, 3.05) is 30.3 Å². The normalized spacial score (nSPS) is 11.1. The Morgan fingerprint density at radius 2 is 1.78 bits per heavy atom. The number of benzene rings is 2. The third kappa shape index (κ3) is 6.29. The molecule has 2 aromatic rings. The maximum absolute atomic E-state index is 12.2. The zero-order chi connectivity index (χ0) is 19.9. The van der Waals surface area contributed by atoms with Crippen LogP contribution in [-0.4, -0.2) is 40.3 Å². The first kappa shape index (κ1) is 20.8. The van der Waals surface area contributed by atoms with Gasteiger partial charge >= 0.3 is 0 Å². The summed E-state index contributed by atoms with van der Waals surface area (Å²) < 4.78 is 31.2. The summed E-state index contributed by atoms with van der Waals surface area (Å²) in [5, 5.41) is 2.75. The van der Waals surface area contributed by atoms with Gasteiger partial charge in [0.1, 0.15) is 5.75 Å². The smallest absolute Gasteiger partial charge is 0.232 e. The predicted octanol–water partition coefficient (Wildman–Crippen LogP) is 2.65. The van der Waals surface area contributed by atoms with Crippen molar-refractivity contribution in [1.82, 2.24) is 5.32 Å². The quantitative estimate of drug-likeness (QED) is 0.714. The van der Waals surface area contributed by atoms with Gasteiger partial charge in [0.2, 0.25) is 15.9 Å². The van der Waals surface area contributed by atoms with Crippen LogP contribution >= 0.6 is 0 Å². The minimum absolute atomic E-state index is 0.175. The minimum atomic E-state index is -3.45. The second-order valence-corrected chi connectivity index (χ2v) is 8.22. The fourth-order valence-corrected chi connectivity index (χ4v) is 3.61. The summed E-state index contributed by atoms with van der Waals surface area (Å²) in [7, 11) is -3.45. The fourth-order valence-electron chi connectivity index (χ4n) is 2.63. The third-order valence-corrected chi connectivity index (χ3v) is 5.40. The Bertz CT molecular complexity index is 867. The van der Waals surface area contributed by atoms with Gasteiger partial charge in [0.05, 0.1) is 31.5 Å². The van der Waals surface area contributed by atoms with E-state index in [0.29, 0.717) is 11.4 Å². The zero-order valence-electron chi connectivity index (χ0n) is 15.9. The molecule has 2 aromatic carbocycles. The largest absolute Gasteiger partial charge is 0.493 e. The first-order valence-corrected chi connectivity index (χ1v) is 10.6. The van der Waals surface area contributed by atoms with E-state index in [1.54, 1.807) is 6.07 Å². The monoisotopic (exact) mass is 390 g/mol. The van der Waals surface area contributed by atoms with Crippen LogP contribution in [0.3, 0.4) is 0 Å². The van der Waals surface area contributed by atoms with Gasteiger partial charge in [0, 0.05) is 6.54 Å². The van der Waals surface area contributed by atoms with Crippen molar-refractivity contribution < 1.29 is 17.9 Å². The summed E-state index contributed by atoms with van der Waals surface area (Å²) >= 11 is 0. The van der Waals surface area contributed by atoms with Gasteiger partial charge in [-0.1, -0.05) is 30.3 Å². The Morgan fingerprint density at radius 3 is 2.44 bits per heavy atom. The van der Waals surface area contributed by atoms with Crippen molar-refractivity contribution in [1.29, 1.82) is 0 Å². The van der Waals surface area contributed by atoms with E-state index in [9.17, 15) is 13.2 Å². The van der Waals surface area contributed by atoms with Crippen LogP contribution in [0.4, 0.5) is 5.69 Å². The lowest BCUT2D eigenvalue weighted by molar-refractivity contribution is -0.121. The first-order valence-electron chi connectivity index (χ1n) is 8.77. The van der Waals surface area contributed by atoms with Crippen molar-refractivity contribution >= 4 is 21.6 Å². The Hall–Kier alpha value is -2.54. The molecule has 1 amide bonds. The van der Waals surface area contributed by atoms with Crippen molar-refractivity contribution in [3.63, 3.8) is 0 Å². The Kier molecular flexibility index (Phi) is 7.24. The van der Waals surface area contributed by atoms with E-state index in [1.807, 2.05) is 56.3 Å². The van der Waals surface area contributed by atoms with Crippen molar-refractivity contribution in [3.8, 4) is 5.75 Å². The Labute approximate surface area is 161 Å². The van der Waals surface area contributed by atoms with Gasteiger partial charge < -0.3 is 10.1 Å². The molecule has 0 saturated heterocycles. The minimum Gasteiger partial charge on any atom is -0.493 e. The molecule has 7 heteroatoms. The molecule has 0 radical (unpaired) electrons. The van der Waals surface area contributed by atoms with Crippen molar-refractivity contribution in [3.05, 3.63) is 59.7 Å². The molecule has 0 saturated carbocycles. The highest BCUT2D eigenvalue weighted by atomic mass is 32.2. The van der Waals surface area contributed by atoms with E-state index >= 15 is 0 Å². The number of para-hydroxylation sites is 1. The van der Waals surface area contributed by atoms with Crippen molar-refractivity contribution in [2.24, 2.45) is 0 Å². The molecule has 0 aliphatic carbocycles. The van der Waals surface area contributed by atoms with Gasteiger partial charge in [-0.2, -0.15) is 0 Å². The number of carbonyl (C=O) groups is 1. The molecule has 6 nitrogen and oxygen atoms in total. The summed E-state index contributed by atoms with van der Waals surface area (Å²) in [6.07, 6.45) is 1.38. The lowest BCUT2D eigenvalue weighted by atomic mass is 10.1. The Morgan fingerprint density at radius 1 is 1.07 bits per heavy atom. The standard InChI is InChI=1S/C20H26N2O4S/c1-16-8-7-11-19(17(16)2)22(27(3,24)25)14-13-21-20(23)12-15-26-18-9-5-4-6-10-18/h4-11H,12-15H2,1-3H3,(H,21,23). The molecule has 0 spiro atoms. The SMILES string of the molecule is Cc1cccc(N(CCNC(=O)CCOc2ccccc2)S(C)(=O)=O)c1C. The van der Waals surface area contributed by atoms with Gasteiger partial charge in [-0.25, -0.2) is 8.42 Å². The molecule has 0 fully saturated rings. The van der Waals surface area contributed by atoms with Crippen molar-refractivity contribution in [2.45, 2.75) is 20.3 Å². The summed E-state index contributed by atoms with van der Waals surface area (Å²) in [5.74, 6) is 0.531. The molecule has 0 aliphatic heterocycles. The number of carbonyl (C=O) groups excluding carboxylic acids is 1. The summed E-state index contributed by atoms with van der Waals surface area (Å²) in [4.78, 5) is 12.0. The van der Waals surface area contributed by atoms with Crippen LogP contribution in [0.15, 0.2) is 48.5 Å². The number of nitrogens with zero attached hydrogens (tertiary/aromatic N) is 1. The molecule has 0 unspecified atom stereocenters. The molecule has 1 N–H and O–H groups in total. The second kappa shape index (κ2) is 9.41. The fraction of sp³-hybridized carbons (Fsp3) is 0.350. The molecule has 27 heavy (non-hydrogen) atoms. The number of sulfonamides is 1. The maximum Gasteiger partial charge on any atom is 0.232 e. The number of anilines is 1. The third-order valence-electron chi connectivity index (χ3n) is 4.22. The number of nitrogens with one attached hydrogen (secondary N) is 1. The molecular weight excluding hydrogens is 364 g/mol. The van der Waals surface area contributed by atoms with E-state index in [0.717, 1.165) is 11.1 Å². The van der Waals surface area contributed by atoms with Crippen LogP contribution in [0.5, 0.6) is 5.75 Å². The van der Waals surface area contributed by atoms with E-state index in [-0.39, 0.29) is 32.0 Å². The lowest BCUT2D eigenvalue weighted by Gasteiger charge is -2.25. The van der Waals surface area contributed by atoms with Crippen LogP contribution < -0.4 is 14.4 Å². The number of hydrogen-bond donors (Lipinski definition) is 1. The number of rotatable bonds is 9. The highest BCUT2D eigenvalue weighted by Gasteiger charge is 2.19. The van der Waals surface area contributed by atoms with E-state index < -0.39 is 10.0 Å². The highest BCUT2D eigenvalue weighted by Crippen LogP contribution is 2.24. The van der Waals surface area contributed by atoms with Gasteiger partial charge in [-0.3, -0.25) is 9.10 Å². The highest BCUT2D eigenvalue weighted by molar-refractivity contribution is 7.92. The average Bonchev–Trinajstić information content (AvgIpc) is 2.61. The Balaban J connectivity index is 1.86. The summed E-state index contributed by atoms with van der Waals surface area (Å²) in [5.41, 5.74) is 2.56. The molecule has 2 rings (SSSR count). The number of ether oxygens (including phenoxy) is 1. The van der Waals surface area contributed by atoms with Gasteiger partial charge in [-0.05, 0) is 43.2 Å². The number of aryl methyl sites for hydroxylation is 1. The molecular formula is C20H26N2O4S. The average molecular weight is 391 g/mol. The number of hydrogen-bond acceptors (Lipinski definition) is 4. The number of amides is 1. The van der Waals surface area contributed by atoms with Crippen LogP contribution in [0.1, 0.15) is 17.5 Å². The first-order chi connectivity index (χ1) is 12.8. The molecule has 0 heterocycles. The van der Waals surface area contributed by atoms with Gasteiger partial charge in [0.25, 0.3) is 0 Å². The molecule has 0 aromatic heterocycles. The summed E-state index contributed by atoms with van der Waals surface area (Å²) in [6.45, 7) is 4.50. The second-order valence-electron chi connectivity index (χ2n) is 6.32. The van der Waals surface area contributed by atoms with Crippen LogP contribution in [-0.2, 0) is 14.8 Å². The molecule has 0 bridgehead atoms. The molecule has 146 valence electrons. The lowest BCUT2D eigenvalue weighted by Crippen LogP contribution is -2.38. The van der Waals surface area contributed by atoms with E-state index in [4.69, 9.17) is 4.74 Å². The predicted molar refractivity (Wildman–Crippen MR) is 108 cm³/mol. The van der Waals surface area contributed by atoms with E-state index in [2.05, 4.69) is 5.32 Å². The van der Waals surface area contributed by atoms with E-state index in [1.165, 1.54) is 10.6 Å². The summed E-state index contributed by atoms with van der Waals surface area (Å²) in [6, 6.07) is 14.8.